The summed E-state index contributed by atoms with van der Waals surface area (Å²) in [6, 6.07) is 6.51. The van der Waals surface area contributed by atoms with Crippen LogP contribution in [0.2, 0.25) is 0 Å². The Morgan fingerprint density at radius 3 is 2.72 bits per heavy atom. The van der Waals surface area contributed by atoms with Crippen molar-refractivity contribution < 1.29 is 18.0 Å². The number of nitrogens with zero attached hydrogens (tertiary/aromatic N) is 3. The first kappa shape index (κ1) is 23.8. The van der Waals surface area contributed by atoms with Crippen molar-refractivity contribution in [3.63, 3.8) is 0 Å². The number of urea groups is 1. The summed E-state index contributed by atoms with van der Waals surface area (Å²) in [5, 5.41) is 5.74. The molecule has 2 amide bonds. The molecular weight excluding hydrogens is 445 g/mol. The zero-order valence-corrected chi connectivity index (χ0v) is 18.3. The molecule has 1 aromatic carbocycles. The number of amides is 2. The number of carbonyl (C=O) groups excluding carboxylic acids is 1. The Labute approximate surface area is 189 Å². The van der Waals surface area contributed by atoms with Gasteiger partial charge in [0.05, 0.1) is 34.5 Å². The van der Waals surface area contributed by atoms with Crippen molar-refractivity contribution in [1.82, 2.24) is 25.2 Å². The van der Waals surface area contributed by atoms with E-state index in [1.54, 1.807) is 12.3 Å². The summed E-state index contributed by atoms with van der Waals surface area (Å²) < 4.78 is 39.0. The number of aryl methyl sites for hydroxylation is 1. The van der Waals surface area contributed by atoms with Crippen molar-refractivity contribution >= 4 is 35.2 Å². The molecule has 172 valence electrons. The minimum absolute atomic E-state index is 0. The van der Waals surface area contributed by atoms with Gasteiger partial charge < -0.3 is 15.6 Å². The molecule has 3 heterocycles. The molecule has 1 aliphatic rings. The number of piperidine rings is 1. The van der Waals surface area contributed by atoms with Crippen LogP contribution in [0.25, 0.3) is 11.0 Å². The lowest BCUT2D eigenvalue weighted by Gasteiger charge is -2.36. The van der Waals surface area contributed by atoms with Gasteiger partial charge in [-0.1, -0.05) is 0 Å². The second-order valence-corrected chi connectivity index (χ2v) is 7.86. The molecule has 0 aliphatic carbocycles. The van der Waals surface area contributed by atoms with E-state index in [9.17, 15) is 18.0 Å². The molecule has 0 radical (unpaired) electrons. The molecule has 3 N–H and O–H groups in total. The lowest BCUT2D eigenvalue weighted by atomic mass is 9.97. The van der Waals surface area contributed by atoms with Crippen LogP contribution >= 0.6 is 12.4 Å². The predicted octanol–water partition coefficient (Wildman–Crippen LogP) is 4.66. The molecule has 1 aliphatic heterocycles. The minimum atomic E-state index is -4.41. The highest BCUT2D eigenvalue weighted by Gasteiger charge is 2.32. The number of benzene rings is 1. The van der Waals surface area contributed by atoms with Gasteiger partial charge in [0.25, 0.3) is 0 Å². The number of hydrogen-bond donors (Lipinski definition) is 3. The van der Waals surface area contributed by atoms with Crippen molar-refractivity contribution in [3.05, 3.63) is 53.6 Å². The molecule has 0 unspecified atom stereocenters. The average molecular weight is 469 g/mol. The topological polar surface area (TPSA) is 85.9 Å². The zero-order chi connectivity index (χ0) is 22.2. The molecule has 1 fully saturated rings. The van der Waals surface area contributed by atoms with Crippen LogP contribution < -0.4 is 10.6 Å². The number of halogens is 4. The predicted molar refractivity (Wildman–Crippen MR) is 118 cm³/mol. The Morgan fingerprint density at radius 2 is 2.03 bits per heavy atom. The van der Waals surface area contributed by atoms with E-state index in [1.165, 1.54) is 6.07 Å². The monoisotopic (exact) mass is 468 g/mol. The highest BCUT2D eigenvalue weighted by atomic mass is 35.5. The lowest BCUT2D eigenvalue weighted by Crippen LogP contribution is -2.46. The van der Waals surface area contributed by atoms with Crippen LogP contribution in [0.1, 0.15) is 36.0 Å². The summed E-state index contributed by atoms with van der Waals surface area (Å²) >= 11 is 0. The van der Waals surface area contributed by atoms with Gasteiger partial charge in [0.1, 0.15) is 5.82 Å². The van der Waals surface area contributed by atoms with Gasteiger partial charge in [0.15, 0.2) is 0 Å². The highest BCUT2D eigenvalue weighted by Crippen LogP contribution is 2.33. The van der Waals surface area contributed by atoms with Crippen molar-refractivity contribution in [2.24, 2.45) is 0 Å². The summed E-state index contributed by atoms with van der Waals surface area (Å²) in [5.74, 6) is 0.589. The summed E-state index contributed by atoms with van der Waals surface area (Å²) in [6.07, 6.45) is -1.47. The Bertz CT molecular complexity index is 1090. The molecule has 2 atom stereocenters. The van der Waals surface area contributed by atoms with E-state index < -0.39 is 11.7 Å². The van der Waals surface area contributed by atoms with Crippen LogP contribution in [-0.2, 0) is 6.18 Å². The van der Waals surface area contributed by atoms with Crippen molar-refractivity contribution in [3.8, 4) is 0 Å². The van der Waals surface area contributed by atoms with Gasteiger partial charge in [-0.25, -0.2) is 9.78 Å². The van der Waals surface area contributed by atoms with E-state index in [2.05, 4.69) is 30.5 Å². The highest BCUT2D eigenvalue weighted by molar-refractivity contribution is 5.89. The number of likely N-dealkylation sites (tertiary alicyclic amines) is 1. The molecule has 0 saturated carbocycles. The fourth-order valence-corrected chi connectivity index (χ4v) is 3.79. The summed E-state index contributed by atoms with van der Waals surface area (Å²) in [7, 11) is 1.94. The number of imidazole rings is 1. The van der Waals surface area contributed by atoms with E-state index >= 15 is 0 Å². The number of H-pyrrole nitrogens is 1. The molecule has 0 bridgehead atoms. The fraction of sp³-hybridized carbons (Fsp3) is 0.381. The first-order valence-corrected chi connectivity index (χ1v) is 9.96. The first-order valence-electron chi connectivity index (χ1n) is 9.96. The molecular formula is C21H24ClF3N6O. The molecule has 0 spiro atoms. The number of carbonyl (C=O) groups is 1. The van der Waals surface area contributed by atoms with E-state index in [-0.39, 0.29) is 30.5 Å². The van der Waals surface area contributed by atoms with Gasteiger partial charge in [-0.05, 0) is 57.1 Å². The number of fused-ring (bicyclic) bond motifs is 1. The average Bonchev–Trinajstić information content (AvgIpc) is 3.13. The third kappa shape index (κ3) is 5.31. The van der Waals surface area contributed by atoms with Crippen LogP contribution in [0.15, 0.2) is 36.5 Å². The second kappa shape index (κ2) is 9.33. The second-order valence-electron chi connectivity index (χ2n) is 7.86. The van der Waals surface area contributed by atoms with Crippen LogP contribution in [0.3, 0.4) is 0 Å². The Morgan fingerprint density at radius 1 is 1.25 bits per heavy atom. The van der Waals surface area contributed by atoms with Crippen LogP contribution in [-0.4, -0.2) is 45.5 Å². The summed E-state index contributed by atoms with van der Waals surface area (Å²) in [5.41, 5.74) is 1.57. The third-order valence-electron chi connectivity index (χ3n) is 5.52. The summed E-state index contributed by atoms with van der Waals surface area (Å²) in [6.45, 7) is 2.58. The normalized spacial score (nSPS) is 19.4. The van der Waals surface area contributed by atoms with Crippen molar-refractivity contribution in [1.29, 1.82) is 0 Å². The third-order valence-corrected chi connectivity index (χ3v) is 5.52. The number of hydrogen-bond acceptors (Lipinski definition) is 4. The number of rotatable bonds is 3. The largest absolute Gasteiger partial charge is 0.416 e. The molecule has 32 heavy (non-hydrogen) atoms. The Balaban J connectivity index is 0.00000289. The van der Waals surface area contributed by atoms with Crippen LogP contribution in [0.5, 0.6) is 0 Å². The number of anilines is 1. The van der Waals surface area contributed by atoms with Crippen LogP contribution in [0, 0.1) is 6.92 Å². The van der Waals surface area contributed by atoms with Gasteiger partial charge in [-0.15, -0.1) is 12.4 Å². The molecule has 3 aromatic rings. The zero-order valence-electron chi connectivity index (χ0n) is 17.5. The lowest BCUT2D eigenvalue weighted by molar-refractivity contribution is -0.137. The quantitative estimate of drug-likeness (QED) is 0.521. The first-order chi connectivity index (χ1) is 14.7. The Kier molecular flexibility index (Phi) is 6.94. The molecule has 2 aromatic heterocycles. The standard InChI is InChI=1S/C21H23F3N6O.ClH/c1-12-3-5-15(11-25-12)27-20(31)26-14-7-8-30(2)18(10-14)19-28-16-6-4-13(21(22,23)24)9-17(16)29-19;/h3-6,9,11,14,18H,7-8,10H2,1-2H3,(H,28,29)(H2,26,27,31);1H/t14-,18-;/m1./s1. The van der Waals surface area contributed by atoms with E-state index in [1.807, 2.05) is 20.0 Å². The van der Waals surface area contributed by atoms with E-state index in [0.717, 1.165) is 24.2 Å². The number of pyridine rings is 1. The fourth-order valence-electron chi connectivity index (χ4n) is 3.79. The van der Waals surface area contributed by atoms with Gasteiger partial charge in [-0.2, -0.15) is 13.2 Å². The van der Waals surface area contributed by atoms with Gasteiger partial charge in [0, 0.05) is 18.3 Å². The molecule has 1 saturated heterocycles. The maximum Gasteiger partial charge on any atom is 0.416 e. The van der Waals surface area contributed by atoms with Crippen molar-refractivity contribution in [2.45, 2.75) is 38.0 Å². The SMILES string of the molecule is Cc1ccc(NC(=O)N[C@@H]2CCN(C)[C@@H](c3nc4ccc(C(F)(F)F)cc4[nH]3)C2)cn1.Cl. The molecule has 4 rings (SSSR count). The smallest absolute Gasteiger partial charge is 0.341 e. The number of alkyl halides is 3. The number of aromatic amines is 1. The number of nitrogens with one attached hydrogen (secondary N) is 3. The number of aromatic nitrogens is 3. The van der Waals surface area contributed by atoms with Gasteiger partial charge in [0.2, 0.25) is 0 Å². The summed E-state index contributed by atoms with van der Waals surface area (Å²) in [4.78, 5) is 26.1. The van der Waals surface area contributed by atoms with E-state index in [0.29, 0.717) is 35.5 Å². The molecule has 11 heteroatoms. The van der Waals surface area contributed by atoms with E-state index in [4.69, 9.17) is 0 Å². The molecule has 7 nitrogen and oxygen atoms in total. The van der Waals surface area contributed by atoms with Crippen molar-refractivity contribution in [2.75, 3.05) is 18.9 Å². The van der Waals surface area contributed by atoms with Gasteiger partial charge in [-0.3, -0.25) is 9.88 Å². The van der Waals surface area contributed by atoms with Gasteiger partial charge >= 0.3 is 12.2 Å². The Hall–Kier alpha value is -2.85. The maximum absolute atomic E-state index is 13.0. The maximum atomic E-state index is 13.0. The minimum Gasteiger partial charge on any atom is -0.341 e. The van der Waals surface area contributed by atoms with Crippen LogP contribution in [0.4, 0.5) is 23.7 Å².